The van der Waals surface area contributed by atoms with Crippen LogP contribution in [0.15, 0.2) is 78.5 Å². The molecule has 1 saturated heterocycles. The zero-order valence-corrected chi connectivity index (χ0v) is 19.5. The van der Waals surface area contributed by atoms with Gasteiger partial charge in [0.25, 0.3) is 0 Å². The van der Waals surface area contributed by atoms with Gasteiger partial charge in [0, 0.05) is 37.6 Å². The van der Waals surface area contributed by atoms with Gasteiger partial charge in [-0.05, 0) is 43.2 Å². The second-order valence-electron chi connectivity index (χ2n) is 8.27. The van der Waals surface area contributed by atoms with E-state index in [0.717, 1.165) is 16.8 Å². The third-order valence-corrected chi connectivity index (χ3v) is 6.13. The minimum absolute atomic E-state index is 0.0580. The standard InChI is InChI=1S/C27H30FN3O3/c1-4-6-24(30-5-2)21-9-7-20(8-10-21)19(3)31-18-17-27(34-26(31)33,16-15-25(29)32)22-11-13-23(28)14-12-22/h4-14,19H,2,15-18H2,1,3H3,(H2,29,32)/b6-4-,30-24?/t19-,27+/m0/s1. The molecule has 7 heteroatoms. The Kier molecular flexibility index (Phi) is 7.99. The fourth-order valence-electron chi connectivity index (χ4n) is 4.21. The number of cyclic esters (lactones) is 1. The topological polar surface area (TPSA) is 85.0 Å². The molecule has 6 nitrogen and oxygen atoms in total. The van der Waals surface area contributed by atoms with Crippen LogP contribution in [-0.4, -0.2) is 29.2 Å². The highest BCUT2D eigenvalue weighted by molar-refractivity contribution is 6.08. The van der Waals surface area contributed by atoms with Crippen molar-refractivity contribution in [3.63, 3.8) is 0 Å². The summed E-state index contributed by atoms with van der Waals surface area (Å²) in [7, 11) is 0. The summed E-state index contributed by atoms with van der Waals surface area (Å²) in [4.78, 5) is 30.5. The Morgan fingerprint density at radius 1 is 1.26 bits per heavy atom. The first-order valence-electron chi connectivity index (χ1n) is 11.3. The van der Waals surface area contributed by atoms with Gasteiger partial charge in [0.2, 0.25) is 5.91 Å². The predicted molar refractivity (Wildman–Crippen MR) is 131 cm³/mol. The fourth-order valence-corrected chi connectivity index (χ4v) is 4.21. The van der Waals surface area contributed by atoms with E-state index in [0.29, 0.717) is 18.5 Å². The van der Waals surface area contributed by atoms with Gasteiger partial charge in [0.1, 0.15) is 11.4 Å². The number of carbonyl (C=O) groups is 2. The number of ether oxygens (including phenoxy) is 1. The number of nitrogens with two attached hydrogens (primary N) is 1. The van der Waals surface area contributed by atoms with Crippen molar-refractivity contribution in [1.82, 2.24) is 4.90 Å². The summed E-state index contributed by atoms with van der Waals surface area (Å²) >= 11 is 0. The average Bonchev–Trinajstić information content (AvgIpc) is 2.83. The quantitative estimate of drug-likeness (QED) is 0.506. The van der Waals surface area contributed by atoms with E-state index >= 15 is 0 Å². The fraction of sp³-hybridized carbons (Fsp3) is 0.296. The Morgan fingerprint density at radius 3 is 2.50 bits per heavy atom. The SMILES string of the molecule is C=CN=C(/C=C\C)c1ccc([C@H](C)N2CC[C@](CCC(N)=O)(c3ccc(F)cc3)OC2=O)cc1. The number of nitrogens with zero attached hydrogens (tertiary/aromatic N) is 2. The molecule has 1 aliphatic heterocycles. The molecule has 3 rings (SSSR count). The highest BCUT2D eigenvalue weighted by Crippen LogP contribution is 2.40. The zero-order valence-electron chi connectivity index (χ0n) is 19.5. The molecule has 178 valence electrons. The Labute approximate surface area is 199 Å². The molecule has 0 radical (unpaired) electrons. The zero-order chi connectivity index (χ0) is 24.7. The Balaban J connectivity index is 1.80. The van der Waals surface area contributed by atoms with E-state index in [1.165, 1.54) is 18.3 Å². The second kappa shape index (κ2) is 10.9. The number of amides is 2. The van der Waals surface area contributed by atoms with Gasteiger partial charge in [-0.25, -0.2) is 9.18 Å². The van der Waals surface area contributed by atoms with Gasteiger partial charge in [0.05, 0.1) is 11.8 Å². The summed E-state index contributed by atoms with van der Waals surface area (Å²) in [6.07, 6.45) is 5.59. The van der Waals surface area contributed by atoms with Crippen molar-refractivity contribution in [3.05, 3.63) is 96.0 Å². The molecule has 1 aliphatic rings. The number of aliphatic imine (C=N–C) groups is 1. The van der Waals surface area contributed by atoms with Gasteiger partial charge < -0.3 is 15.4 Å². The van der Waals surface area contributed by atoms with Crippen LogP contribution in [0.5, 0.6) is 0 Å². The monoisotopic (exact) mass is 463 g/mol. The van der Waals surface area contributed by atoms with E-state index in [9.17, 15) is 14.0 Å². The van der Waals surface area contributed by atoms with Gasteiger partial charge in [-0.1, -0.05) is 49.1 Å². The van der Waals surface area contributed by atoms with Crippen molar-refractivity contribution in [2.45, 2.75) is 44.8 Å². The third kappa shape index (κ3) is 5.60. The van der Waals surface area contributed by atoms with E-state index in [1.54, 1.807) is 17.0 Å². The highest BCUT2D eigenvalue weighted by Gasteiger charge is 2.43. The average molecular weight is 464 g/mol. The largest absolute Gasteiger partial charge is 0.438 e. The van der Waals surface area contributed by atoms with Crippen LogP contribution in [0.2, 0.25) is 0 Å². The molecule has 2 atom stereocenters. The lowest BCUT2D eigenvalue weighted by Gasteiger charge is -2.43. The molecule has 1 fully saturated rings. The molecule has 0 unspecified atom stereocenters. The maximum atomic E-state index is 13.5. The molecule has 2 aromatic carbocycles. The van der Waals surface area contributed by atoms with E-state index in [2.05, 4.69) is 11.6 Å². The van der Waals surface area contributed by atoms with Crippen LogP contribution < -0.4 is 5.73 Å². The summed E-state index contributed by atoms with van der Waals surface area (Å²) in [6.45, 7) is 7.94. The van der Waals surface area contributed by atoms with Crippen molar-refractivity contribution >= 4 is 17.7 Å². The lowest BCUT2D eigenvalue weighted by Crippen LogP contribution is -2.49. The van der Waals surface area contributed by atoms with Crippen LogP contribution in [0.1, 0.15) is 55.8 Å². The molecular weight excluding hydrogens is 433 g/mol. The highest BCUT2D eigenvalue weighted by atomic mass is 19.1. The van der Waals surface area contributed by atoms with Crippen molar-refractivity contribution in [2.75, 3.05) is 6.54 Å². The smallest absolute Gasteiger partial charge is 0.411 e. The summed E-state index contributed by atoms with van der Waals surface area (Å²) in [5.74, 6) is -0.865. The van der Waals surface area contributed by atoms with Crippen LogP contribution in [0.25, 0.3) is 0 Å². The molecule has 1 heterocycles. The first-order chi connectivity index (χ1) is 16.3. The van der Waals surface area contributed by atoms with E-state index < -0.39 is 17.6 Å². The number of carbonyl (C=O) groups excluding carboxylic acids is 2. The van der Waals surface area contributed by atoms with Crippen molar-refractivity contribution in [3.8, 4) is 0 Å². The first-order valence-corrected chi connectivity index (χ1v) is 11.3. The van der Waals surface area contributed by atoms with Crippen molar-refractivity contribution < 1.29 is 18.7 Å². The van der Waals surface area contributed by atoms with Crippen LogP contribution in [-0.2, 0) is 15.1 Å². The molecule has 0 spiro atoms. The molecule has 0 aliphatic carbocycles. The van der Waals surface area contributed by atoms with Gasteiger partial charge in [-0.15, -0.1) is 0 Å². The van der Waals surface area contributed by atoms with Crippen molar-refractivity contribution in [2.24, 2.45) is 10.7 Å². The normalized spacial score (nSPS) is 19.7. The summed E-state index contributed by atoms with van der Waals surface area (Å²) < 4.78 is 19.4. The Hall–Kier alpha value is -3.74. The lowest BCUT2D eigenvalue weighted by molar-refractivity contribution is -0.121. The molecule has 2 aromatic rings. The van der Waals surface area contributed by atoms with Crippen molar-refractivity contribution in [1.29, 1.82) is 0 Å². The maximum Gasteiger partial charge on any atom is 0.411 e. The number of hydrogen-bond acceptors (Lipinski definition) is 4. The Morgan fingerprint density at radius 2 is 1.94 bits per heavy atom. The van der Waals surface area contributed by atoms with Gasteiger partial charge >= 0.3 is 6.09 Å². The number of benzene rings is 2. The molecule has 0 saturated carbocycles. The number of rotatable bonds is 9. The van der Waals surface area contributed by atoms with Crippen LogP contribution >= 0.6 is 0 Å². The minimum Gasteiger partial charge on any atom is -0.438 e. The Bertz CT molecular complexity index is 1090. The summed E-state index contributed by atoms with van der Waals surface area (Å²) in [5, 5.41) is 0. The predicted octanol–water partition coefficient (Wildman–Crippen LogP) is 5.40. The number of allylic oxidation sites excluding steroid dienone is 2. The van der Waals surface area contributed by atoms with Gasteiger partial charge in [0.15, 0.2) is 0 Å². The molecule has 2 N–H and O–H groups in total. The van der Waals surface area contributed by atoms with Gasteiger partial charge in [-0.3, -0.25) is 9.79 Å². The van der Waals surface area contributed by atoms with Crippen LogP contribution in [0.4, 0.5) is 9.18 Å². The number of primary amides is 1. The molecular formula is C27H30FN3O3. The number of halogens is 1. The molecule has 0 aromatic heterocycles. The van der Waals surface area contributed by atoms with Crippen LogP contribution in [0, 0.1) is 5.82 Å². The summed E-state index contributed by atoms with van der Waals surface area (Å²) in [5.41, 5.74) is 7.68. The van der Waals surface area contributed by atoms with E-state index in [-0.39, 0.29) is 24.7 Å². The third-order valence-electron chi connectivity index (χ3n) is 6.13. The van der Waals surface area contributed by atoms with E-state index in [4.69, 9.17) is 10.5 Å². The molecule has 2 amide bonds. The molecule has 34 heavy (non-hydrogen) atoms. The number of hydrogen-bond donors (Lipinski definition) is 1. The van der Waals surface area contributed by atoms with Crippen LogP contribution in [0.3, 0.4) is 0 Å². The lowest BCUT2D eigenvalue weighted by atomic mass is 9.84. The molecule has 0 bridgehead atoms. The minimum atomic E-state index is -1.03. The maximum absolute atomic E-state index is 13.5. The van der Waals surface area contributed by atoms with Gasteiger partial charge in [-0.2, -0.15) is 0 Å². The summed E-state index contributed by atoms with van der Waals surface area (Å²) in [6, 6.07) is 13.4. The van der Waals surface area contributed by atoms with E-state index in [1.807, 2.05) is 50.3 Å². The first kappa shape index (κ1) is 24.9. The second-order valence-corrected chi connectivity index (χ2v) is 8.27.